The van der Waals surface area contributed by atoms with Gasteiger partial charge in [0.1, 0.15) is 6.61 Å². The fraction of sp³-hybridized carbons (Fsp3) is 0.0870. The smallest absolute Gasteiger partial charge is 0.340 e. The lowest BCUT2D eigenvalue weighted by Gasteiger charge is -2.08. The first-order valence-electron chi connectivity index (χ1n) is 8.98. The van der Waals surface area contributed by atoms with Gasteiger partial charge in [-0.05, 0) is 34.9 Å². The lowest BCUT2D eigenvalue weighted by Crippen LogP contribution is -2.06. The number of nitrogens with zero attached hydrogens (tertiary/aromatic N) is 2. The minimum absolute atomic E-state index is 0.140. The number of rotatable bonds is 5. The number of imidazole rings is 1. The number of hydrogen-bond acceptors (Lipinski definition) is 5. The lowest BCUT2D eigenvalue weighted by molar-refractivity contribution is 0.0475. The number of methoxy groups -OCH3 is 1. The maximum absolute atomic E-state index is 12.6. The third-order valence-corrected chi connectivity index (χ3v) is 4.59. The number of para-hydroxylation sites is 1. The molecule has 6 nitrogen and oxygen atoms in total. The monoisotopic (exact) mass is 383 g/mol. The highest BCUT2D eigenvalue weighted by Gasteiger charge is 2.15. The van der Waals surface area contributed by atoms with Crippen LogP contribution in [0.4, 0.5) is 0 Å². The van der Waals surface area contributed by atoms with E-state index < -0.39 is 5.97 Å². The molecule has 0 radical (unpaired) electrons. The molecule has 6 heteroatoms. The number of fused-ring (bicyclic) bond motifs is 1. The summed E-state index contributed by atoms with van der Waals surface area (Å²) in [6.45, 7) is 0.140. The Balaban J connectivity index is 1.49. The molecule has 0 amide bonds. The molecule has 0 unspecified atom stereocenters. The zero-order valence-corrected chi connectivity index (χ0v) is 15.7. The summed E-state index contributed by atoms with van der Waals surface area (Å²) in [5.74, 6) is -0.444. The highest BCUT2D eigenvalue weighted by atomic mass is 16.5. The van der Waals surface area contributed by atoms with Gasteiger partial charge in [0, 0.05) is 0 Å². The van der Waals surface area contributed by atoms with Crippen molar-refractivity contribution in [1.82, 2.24) is 9.97 Å². The molecule has 0 bridgehead atoms. The largest absolute Gasteiger partial charge is 0.468 e. The van der Waals surface area contributed by atoms with Crippen molar-refractivity contribution in [3.8, 4) is 23.2 Å². The van der Waals surface area contributed by atoms with Crippen molar-refractivity contribution in [1.29, 1.82) is 5.26 Å². The second kappa shape index (κ2) is 7.87. The van der Waals surface area contributed by atoms with Crippen LogP contribution in [0.1, 0.15) is 21.5 Å². The van der Waals surface area contributed by atoms with Gasteiger partial charge < -0.3 is 14.5 Å². The molecular formula is C23H17N3O3. The summed E-state index contributed by atoms with van der Waals surface area (Å²) >= 11 is 0. The standard InChI is InChI=1S/C23H17N3O3/c1-28-23-25-20-8-4-7-19(21(20)26-23)22(27)29-14-15-9-11-16(12-10-15)18-6-3-2-5-17(18)13-24/h2-12H,14H2,1H3,(H,25,26). The average Bonchev–Trinajstić information content (AvgIpc) is 3.21. The number of carbonyl (C=O) groups excluding carboxylic acids is 1. The number of benzene rings is 3. The Morgan fingerprint density at radius 1 is 1.07 bits per heavy atom. The first-order valence-corrected chi connectivity index (χ1v) is 8.98. The van der Waals surface area contributed by atoms with E-state index in [-0.39, 0.29) is 6.61 Å². The molecule has 142 valence electrons. The molecule has 0 atom stereocenters. The number of carbonyl (C=O) groups is 1. The molecule has 1 aromatic heterocycles. The van der Waals surface area contributed by atoms with Crippen LogP contribution in [-0.4, -0.2) is 23.0 Å². The Hall–Kier alpha value is -4.11. The van der Waals surface area contributed by atoms with Gasteiger partial charge in [0.15, 0.2) is 0 Å². The number of esters is 1. The van der Waals surface area contributed by atoms with Gasteiger partial charge in [0.2, 0.25) is 0 Å². The molecular weight excluding hydrogens is 366 g/mol. The Labute approximate surface area is 167 Å². The topological polar surface area (TPSA) is 88.0 Å². The molecule has 4 rings (SSSR count). The van der Waals surface area contributed by atoms with Crippen LogP contribution in [0.15, 0.2) is 66.7 Å². The van der Waals surface area contributed by atoms with E-state index in [9.17, 15) is 10.1 Å². The van der Waals surface area contributed by atoms with Crippen molar-refractivity contribution >= 4 is 17.0 Å². The van der Waals surface area contributed by atoms with Crippen molar-refractivity contribution in [3.05, 3.63) is 83.4 Å². The SMILES string of the molecule is COc1nc2cccc(C(=O)OCc3ccc(-c4ccccc4C#N)cc3)c2[nH]1. The van der Waals surface area contributed by atoms with Crippen molar-refractivity contribution in [3.63, 3.8) is 0 Å². The zero-order chi connectivity index (χ0) is 20.2. The molecule has 3 aromatic carbocycles. The van der Waals surface area contributed by atoms with Crippen LogP contribution in [0, 0.1) is 11.3 Å². The van der Waals surface area contributed by atoms with E-state index >= 15 is 0 Å². The number of nitriles is 1. The molecule has 0 aliphatic rings. The molecule has 29 heavy (non-hydrogen) atoms. The summed E-state index contributed by atoms with van der Waals surface area (Å²) in [4.78, 5) is 19.8. The Bertz CT molecular complexity index is 1220. The maximum Gasteiger partial charge on any atom is 0.340 e. The number of aromatic amines is 1. The number of hydrogen-bond donors (Lipinski definition) is 1. The Kier molecular flexibility index (Phi) is 4.95. The van der Waals surface area contributed by atoms with Crippen LogP contribution in [-0.2, 0) is 11.3 Å². The molecule has 0 saturated heterocycles. The van der Waals surface area contributed by atoms with E-state index in [0.717, 1.165) is 16.7 Å². The summed E-state index contributed by atoms with van der Waals surface area (Å²) in [5.41, 5.74) is 4.90. The van der Waals surface area contributed by atoms with Gasteiger partial charge in [-0.15, -0.1) is 0 Å². The minimum atomic E-state index is -0.444. The fourth-order valence-corrected chi connectivity index (χ4v) is 3.12. The van der Waals surface area contributed by atoms with Crippen LogP contribution in [0.25, 0.3) is 22.2 Å². The average molecular weight is 383 g/mol. The molecule has 0 fully saturated rings. The predicted octanol–water partition coefficient (Wildman–Crippen LogP) is 4.47. The second-order valence-electron chi connectivity index (χ2n) is 6.38. The third kappa shape index (κ3) is 3.66. The van der Waals surface area contributed by atoms with Crippen LogP contribution >= 0.6 is 0 Å². The Morgan fingerprint density at radius 3 is 2.62 bits per heavy atom. The lowest BCUT2D eigenvalue weighted by atomic mass is 9.99. The van der Waals surface area contributed by atoms with E-state index in [1.54, 1.807) is 24.3 Å². The molecule has 0 saturated carbocycles. The minimum Gasteiger partial charge on any atom is -0.468 e. The molecule has 1 heterocycles. The number of aromatic nitrogens is 2. The number of H-pyrrole nitrogens is 1. The van der Waals surface area contributed by atoms with Gasteiger partial charge in [0.05, 0.1) is 35.3 Å². The van der Waals surface area contributed by atoms with Gasteiger partial charge in [-0.2, -0.15) is 10.2 Å². The van der Waals surface area contributed by atoms with Gasteiger partial charge in [-0.25, -0.2) is 4.79 Å². The molecule has 0 aliphatic heterocycles. The zero-order valence-electron chi connectivity index (χ0n) is 15.7. The summed E-state index contributed by atoms with van der Waals surface area (Å²) in [5, 5.41) is 9.26. The van der Waals surface area contributed by atoms with Crippen LogP contribution in [0.5, 0.6) is 6.01 Å². The van der Waals surface area contributed by atoms with E-state index in [2.05, 4.69) is 16.0 Å². The summed E-state index contributed by atoms with van der Waals surface area (Å²) in [7, 11) is 1.51. The number of nitrogens with one attached hydrogen (secondary N) is 1. The Morgan fingerprint density at radius 2 is 1.86 bits per heavy atom. The van der Waals surface area contributed by atoms with Crippen molar-refractivity contribution in [2.24, 2.45) is 0 Å². The van der Waals surface area contributed by atoms with E-state index in [1.165, 1.54) is 7.11 Å². The van der Waals surface area contributed by atoms with Gasteiger partial charge in [0.25, 0.3) is 6.01 Å². The van der Waals surface area contributed by atoms with E-state index in [4.69, 9.17) is 9.47 Å². The normalized spacial score (nSPS) is 10.5. The van der Waals surface area contributed by atoms with Gasteiger partial charge >= 0.3 is 5.97 Å². The molecule has 4 aromatic rings. The molecule has 0 spiro atoms. The summed E-state index contributed by atoms with van der Waals surface area (Å²) in [6, 6.07) is 22.8. The maximum atomic E-state index is 12.6. The third-order valence-electron chi connectivity index (χ3n) is 4.59. The predicted molar refractivity (Wildman–Crippen MR) is 108 cm³/mol. The first kappa shape index (κ1) is 18.3. The van der Waals surface area contributed by atoms with Crippen LogP contribution in [0.2, 0.25) is 0 Å². The molecule has 1 N–H and O–H groups in total. The highest BCUT2D eigenvalue weighted by Crippen LogP contribution is 2.24. The van der Waals surface area contributed by atoms with Crippen LogP contribution < -0.4 is 4.74 Å². The van der Waals surface area contributed by atoms with Gasteiger partial charge in [-0.1, -0.05) is 48.5 Å². The summed E-state index contributed by atoms with van der Waals surface area (Å²) < 4.78 is 10.6. The van der Waals surface area contributed by atoms with E-state index in [1.807, 2.05) is 42.5 Å². The van der Waals surface area contributed by atoms with Crippen molar-refractivity contribution in [2.75, 3.05) is 7.11 Å². The summed E-state index contributed by atoms with van der Waals surface area (Å²) in [6.07, 6.45) is 0. The van der Waals surface area contributed by atoms with Gasteiger partial charge in [-0.3, -0.25) is 0 Å². The molecule has 0 aliphatic carbocycles. The number of ether oxygens (including phenoxy) is 2. The van der Waals surface area contributed by atoms with E-state index in [0.29, 0.717) is 28.2 Å². The highest BCUT2D eigenvalue weighted by molar-refractivity contribution is 6.02. The fourth-order valence-electron chi connectivity index (χ4n) is 3.12. The van der Waals surface area contributed by atoms with Crippen molar-refractivity contribution < 1.29 is 14.3 Å². The van der Waals surface area contributed by atoms with Crippen LogP contribution in [0.3, 0.4) is 0 Å². The second-order valence-corrected chi connectivity index (χ2v) is 6.38. The first-order chi connectivity index (χ1) is 14.2. The quantitative estimate of drug-likeness (QED) is 0.514. The van der Waals surface area contributed by atoms with Crippen molar-refractivity contribution in [2.45, 2.75) is 6.61 Å².